The van der Waals surface area contributed by atoms with Crippen molar-refractivity contribution in [3.63, 3.8) is 0 Å². The molecule has 0 saturated carbocycles. The molecule has 230 valence electrons. The number of methoxy groups -OCH3 is 2. The molecule has 1 aliphatic carbocycles. The number of aromatic nitrogens is 2. The van der Waals surface area contributed by atoms with Gasteiger partial charge in [-0.05, 0) is 74.6 Å². The third-order valence-corrected chi connectivity index (χ3v) is 8.95. The summed E-state index contributed by atoms with van der Waals surface area (Å²) in [7, 11) is 2.87. The predicted octanol–water partition coefficient (Wildman–Crippen LogP) is 4.91. The average molecular weight is 637 g/mol. The van der Waals surface area contributed by atoms with Gasteiger partial charge in [-0.2, -0.15) is 5.10 Å². The second-order valence-electron chi connectivity index (χ2n) is 9.78. The van der Waals surface area contributed by atoms with E-state index >= 15 is 0 Å². The van der Waals surface area contributed by atoms with Crippen LogP contribution in [-0.4, -0.2) is 54.2 Å². The summed E-state index contributed by atoms with van der Waals surface area (Å²) in [5.74, 6) is 0.449. The molecule has 2 aromatic carbocycles. The largest absolute Gasteiger partial charge is 0.494 e. The Labute approximate surface area is 262 Å². The van der Waals surface area contributed by atoms with Crippen LogP contribution in [0.4, 0.5) is 0 Å². The van der Waals surface area contributed by atoms with Gasteiger partial charge >= 0.3 is 5.97 Å². The van der Waals surface area contributed by atoms with E-state index in [2.05, 4.69) is 10.5 Å². The molecule has 0 aliphatic heterocycles. The number of hydrazone groups is 1. The van der Waals surface area contributed by atoms with Crippen molar-refractivity contribution >= 4 is 51.4 Å². The van der Waals surface area contributed by atoms with E-state index in [1.807, 2.05) is 31.2 Å². The Morgan fingerprint density at radius 3 is 2.48 bits per heavy atom. The van der Waals surface area contributed by atoms with Gasteiger partial charge in [0.2, 0.25) is 5.75 Å². The third kappa shape index (κ3) is 6.73. The van der Waals surface area contributed by atoms with E-state index in [0.29, 0.717) is 39.0 Å². The minimum absolute atomic E-state index is 0.0323. The van der Waals surface area contributed by atoms with E-state index < -0.39 is 5.97 Å². The molecule has 0 saturated heterocycles. The van der Waals surface area contributed by atoms with Crippen molar-refractivity contribution in [2.24, 2.45) is 5.10 Å². The highest BCUT2D eigenvalue weighted by atomic mass is 32.2. The lowest BCUT2D eigenvalue weighted by atomic mass is 9.97. The quantitative estimate of drug-likeness (QED) is 0.0610. The van der Waals surface area contributed by atoms with Crippen molar-refractivity contribution in [3.8, 4) is 28.7 Å². The van der Waals surface area contributed by atoms with Crippen LogP contribution >= 0.6 is 23.1 Å². The molecule has 0 atom stereocenters. The number of thiophene rings is 1. The normalized spacial score (nSPS) is 12.6. The summed E-state index contributed by atoms with van der Waals surface area (Å²) in [6.45, 7) is 3.72. The molecule has 0 spiro atoms. The van der Waals surface area contributed by atoms with Crippen LogP contribution in [-0.2, 0) is 22.4 Å². The van der Waals surface area contributed by atoms with Crippen LogP contribution < -0.4 is 29.9 Å². The molecule has 0 unspecified atom stereocenters. The van der Waals surface area contributed by atoms with Crippen molar-refractivity contribution < 1.29 is 28.5 Å². The van der Waals surface area contributed by atoms with Crippen LogP contribution in [0.5, 0.6) is 23.0 Å². The van der Waals surface area contributed by atoms with E-state index in [-0.39, 0.29) is 34.5 Å². The predicted molar refractivity (Wildman–Crippen MR) is 170 cm³/mol. The van der Waals surface area contributed by atoms with Crippen molar-refractivity contribution in [1.29, 1.82) is 0 Å². The number of hydrogen-bond acceptors (Lipinski definition) is 11. The van der Waals surface area contributed by atoms with Crippen LogP contribution in [0, 0.1) is 0 Å². The van der Waals surface area contributed by atoms with Crippen molar-refractivity contribution in [2.45, 2.75) is 44.7 Å². The van der Waals surface area contributed by atoms with Gasteiger partial charge in [-0.25, -0.2) is 10.4 Å². The van der Waals surface area contributed by atoms with Gasteiger partial charge in [0.1, 0.15) is 10.6 Å². The lowest BCUT2D eigenvalue weighted by molar-refractivity contribution is -0.132. The van der Waals surface area contributed by atoms with Gasteiger partial charge in [0, 0.05) is 17.4 Å². The second-order valence-corrected chi connectivity index (χ2v) is 11.8. The number of esters is 1. The topological polar surface area (TPSA) is 130 Å². The lowest BCUT2D eigenvalue weighted by Crippen LogP contribution is -2.24. The first-order chi connectivity index (χ1) is 21.3. The SMILES string of the molecule is CCOc1ccc(-n2c(SCC(=O)NN=Cc3cc(OC)c(OC(C)=O)c(OC)c3)nc3sc4c(c3c2=O)CCCC4)cc1. The number of carbonyl (C=O) groups is 2. The third-order valence-electron chi connectivity index (χ3n) is 6.83. The first-order valence-corrected chi connectivity index (χ1v) is 15.8. The number of thioether (sulfide) groups is 1. The number of fused-ring (bicyclic) bond motifs is 3. The second kappa shape index (κ2) is 14.0. The highest BCUT2D eigenvalue weighted by molar-refractivity contribution is 7.99. The summed E-state index contributed by atoms with van der Waals surface area (Å²) in [5, 5.41) is 5.14. The number of nitrogens with one attached hydrogen (secondary N) is 1. The standard InChI is InChI=1S/C31H32N4O7S2/c1-5-41-21-12-10-20(11-13-21)35-30(38)27-22-8-6-7-9-25(22)44-29(27)33-31(35)43-17-26(37)34-32-16-19-14-23(39-3)28(42-18(2)36)24(15-19)40-4/h10-16H,5-9,17H2,1-4H3,(H,34,37). The monoisotopic (exact) mass is 636 g/mol. The van der Waals surface area contributed by atoms with Gasteiger partial charge in [0.15, 0.2) is 16.7 Å². The van der Waals surface area contributed by atoms with Crippen LogP contribution in [0.15, 0.2) is 51.5 Å². The van der Waals surface area contributed by atoms with Crippen LogP contribution in [0.25, 0.3) is 15.9 Å². The number of ether oxygens (including phenoxy) is 4. The number of aryl methyl sites for hydroxylation is 2. The molecular weight excluding hydrogens is 604 g/mol. The zero-order valence-corrected chi connectivity index (χ0v) is 26.4. The molecule has 2 heterocycles. The maximum absolute atomic E-state index is 14.0. The maximum atomic E-state index is 14.0. The molecule has 2 aromatic heterocycles. The average Bonchev–Trinajstić information content (AvgIpc) is 3.39. The summed E-state index contributed by atoms with van der Waals surface area (Å²) in [6, 6.07) is 10.5. The van der Waals surface area contributed by atoms with Crippen LogP contribution in [0.1, 0.15) is 42.7 Å². The van der Waals surface area contributed by atoms with Crippen molar-refractivity contribution in [2.75, 3.05) is 26.6 Å². The molecule has 4 aromatic rings. The molecule has 1 aliphatic rings. The van der Waals surface area contributed by atoms with Gasteiger partial charge in [-0.3, -0.25) is 19.0 Å². The molecule has 5 rings (SSSR count). The van der Waals surface area contributed by atoms with Crippen LogP contribution in [0.2, 0.25) is 0 Å². The first-order valence-electron chi connectivity index (χ1n) is 14.0. The molecule has 1 N–H and O–H groups in total. The Morgan fingerprint density at radius 2 is 1.82 bits per heavy atom. The molecule has 1 amide bonds. The molecular formula is C31H32N4O7S2. The summed E-state index contributed by atoms with van der Waals surface area (Å²) < 4.78 is 23.0. The Hall–Kier alpha value is -4.36. The molecule has 44 heavy (non-hydrogen) atoms. The molecule has 0 bridgehead atoms. The molecule has 11 nitrogen and oxygen atoms in total. The zero-order chi connectivity index (χ0) is 31.2. The summed E-state index contributed by atoms with van der Waals surface area (Å²) >= 11 is 2.73. The minimum Gasteiger partial charge on any atom is -0.494 e. The van der Waals surface area contributed by atoms with Gasteiger partial charge in [0.25, 0.3) is 11.5 Å². The number of hydrogen-bond donors (Lipinski definition) is 1. The highest BCUT2D eigenvalue weighted by Gasteiger charge is 2.23. The Bertz CT molecular complexity index is 1760. The Morgan fingerprint density at radius 1 is 1.11 bits per heavy atom. The maximum Gasteiger partial charge on any atom is 0.308 e. The fourth-order valence-corrected chi connectivity index (χ4v) is 7.04. The Balaban J connectivity index is 1.37. The van der Waals surface area contributed by atoms with Crippen LogP contribution in [0.3, 0.4) is 0 Å². The fraction of sp³-hybridized carbons (Fsp3) is 0.323. The fourth-order valence-electron chi connectivity index (χ4n) is 4.93. The van der Waals surface area contributed by atoms with Crippen molar-refractivity contribution in [3.05, 3.63) is 62.8 Å². The van der Waals surface area contributed by atoms with Gasteiger partial charge in [0.05, 0.1) is 43.9 Å². The van der Waals surface area contributed by atoms with Gasteiger partial charge in [-0.1, -0.05) is 11.8 Å². The van der Waals surface area contributed by atoms with E-state index in [1.165, 1.54) is 32.2 Å². The van der Waals surface area contributed by atoms with Gasteiger partial charge in [-0.15, -0.1) is 11.3 Å². The Kier molecular flexibility index (Phi) is 9.85. The van der Waals surface area contributed by atoms with Gasteiger partial charge < -0.3 is 18.9 Å². The van der Waals surface area contributed by atoms with E-state index in [4.69, 9.17) is 23.9 Å². The smallest absolute Gasteiger partial charge is 0.308 e. The van der Waals surface area contributed by atoms with E-state index in [1.54, 1.807) is 28.0 Å². The van der Waals surface area contributed by atoms with Crippen molar-refractivity contribution in [1.82, 2.24) is 15.0 Å². The molecule has 13 heteroatoms. The highest BCUT2D eigenvalue weighted by Crippen LogP contribution is 2.38. The number of benzene rings is 2. The number of carbonyl (C=O) groups excluding carboxylic acids is 2. The number of rotatable bonds is 11. The van der Waals surface area contributed by atoms with E-state index in [0.717, 1.165) is 43.0 Å². The molecule has 0 radical (unpaired) electrons. The molecule has 0 fully saturated rings. The summed E-state index contributed by atoms with van der Waals surface area (Å²) in [5.41, 5.74) is 4.66. The summed E-state index contributed by atoms with van der Waals surface area (Å²) in [4.78, 5) is 45.1. The number of nitrogens with zero attached hydrogens (tertiary/aromatic N) is 3. The summed E-state index contributed by atoms with van der Waals surface area (Å²) in [6.07, 6.45) is 5.39. The first kappa shape index (κ1) is 31.1. The zero-order valence-electron chi connectivity index (χ0n) is 24.8. The number of amides is 1. The minimum atomic E-state index is -0.520. The van der Waals surface area contributed by atoms with E-state index in [9.17, 15) is 14.4 Å². The lowest BCUT2D eigenvalue weighted by Gasteiger charge is -2.14.